The van der Waals surface area contributed by atoms with Gasteiger partial charge in [-0.2, -0.15) is 0 Å². The first-order chi connectivity index (χ1) is 9.13. The van der Waals surface area contributed by atoms with Crippen LogP contribution in [0.25, 0.3) is 0 Å². The Kier molecular flexibility index (Phi) is 6.63. The maximum atomic E-state index is 10.7. The van der Waals surface area contributed by atoms with Crippen molar-refractivity contribution < 1.29 is 14.6 Å². The average Bonchev–Trinajstić information content (AvgIpc) is 2.41. The lowest BCUT2D eigenvalue weighted by Crippen LogP contribution is -2.12. The molecule has 0 fully saturated rings. The van der Waals surface area contributed by atoms with Crippen LogP contribution in [-0.2, 0) is 4.79 Å². The largest absolute Gasteiger partial charge is 0.481 e. The zero-order chi connectivity index (χ0) is 14.1. The minimum Gasteiger partial charge on any atom is -0.481 e. The van der Waals surface area contributed by atoms with Crippen LogP contribution in [0.5, 0.6) is 5.88 Å². The predicted octanol–water partition coefficient (Wildman–Crippen LogP) is 2.18. The number of carbonyl (C=O) groups is 1. The summed E-state index contributed by atoms with van der Waals surface area (Å²) >= 11 is 0. The van der Waals surface area contributed by atoms with E-state index >= 15 is 0 Å². The highest BCUT2D eigenvalue weighted by molar-refractivity contribution is 5.69. The number of aromatic nitrogens is 2. The van der Waals surface area contributed by atoms with Crippen molar-refractivity contribution in [3.05, 3.63) is 12.4 Å². The van der Waals surface area contributed by atoms with E-state index in [-0.39, 0.29) is 5.92 Å². The van der Waals surface area contributed by atoms with Crippen LogP contribution in [0.4, 0.5) is 5.82 Å². The predicted molar refractivity (Wildman–Crippen MR) is 72.3 cm³/mol. The Morgan fingerprint density at radius 1 is 1.53 bits per heavy atom. The molecular formula is C13H21N3O3. The molecule has 6 heteroatoms. The Labute approximate surface area is 113 Å². The van der Waals surface area contributed by atoms with Crippen molar-refractivity contribution in [1.82, 2.24) is 9.97 Å². The molecule has 1 heterocycles. The number of hydrogen-bond acceptors (Lipinski definition) is 5. The van der Waals surface area contributed by atoms with Crippen molar-refractivity contribution in [1.29, 1.82) is 0 Å². The summed E-state index contributed by atoms with van der Waals surface area (Å²) in [7, 11) is 0. The van der Waals surface area contributed by atoms with E-state index in [1.54, 1.807) is 13.0 Å². The molecule has 1 rings (SSSR count). The third-order valence-corrected chi connectivity index (χ3v) is 2.64. The number of nitrogens with one attached hydrogen (secondary N) is 1. The summed E-state index contributed by atoms with van der Waals surface area (Å²) in [4.78, 5) is 18.7. The van der Waals surface area contributed by atoms with Gasteiger partial charge in [0.1, 0.15) is 12.1 Å². The van der Waals surface area contributed by atoms with Gasteiger partial charge in [-0.15, -0.1) is 0 Å². The molecule has 1 aromatic heterocycles. The van der Waals surface area contributed by atoms with E-state index in [1.807, 2.05) is 6.92 Å². The van der Waals surface area contributed by atoms with Crippen LogP contribution in [0.3, 0.4) is 0 Å². The third-order valence-electron chi connectivity index (χ3n) is 2.64. The molecule has 1 unspecified atom stereocenters. The van der Waals surface area contributed by atoms with Crippen LogP contribution >= 0.6 is 0 Å². The lowest BCUT2D eigenvalue weighted by atomic mass is 10.1. The van der Waals surface area contributed by atoms with E-state index in [0.29, 0.717) is 31.3 Å². The van der Waals surface area contributed by atoms with Crippen LogP contribution < -0.4 is 10.1 Å². The quantitative estimate of drug-likeness (QED) is 0.667. The molecule has 0 bridgehead atoms. The maximum absolute atomic E-state index is 10.7. The molecule has 0 aliphatic carbocycles. The zero-order valence-corrected chi connectivity index (χ0v) is 11.4. The van der Waals surface area contributed by atoms with Crippen LogP contribution in [0, 0.1) is 5.92 Å². The van der Waals surface area contributed by atoms with Gasteiger partial charge in [-0.25, -0.2) is 9.97 Å². The number of ether oxygens (including phenoxy) is 1. The van der Waals surface area contributed by atoms with E-state index in [1.165, 1.54) is 6.33 Å². The molecule has 6 nitrogen and oxygen atoms in total. The molecule has 0 saturated carbocycles. The van der Waals surface area contributed by atoms with E-state index in [2.05, 4.69) is 15.3 Å². The lowest BCUT2D eigenvalue weighted by Gasteiger charge is -2.09. The summed E-state index contributed by atoms with van der Waals surface area (Å²) in [6.45, 7) is 5.06. The standard InChI is InChI=1S/C13H21N3O3/c1-3-7-19-12-8-11(15-9-16-12)14-6-4-5-10(2)13(17)18/h8-10H,3-7H2,1-2H3,(H,17,18)(H,14,15,16). The Bertz CT molecular complexity index is 398. The van der Waals surface area contributed by atoms with Crippen molar-refractivity contribution in [3.8, 4) is 5.88 Å². The number of rotatable bonds is 9. The second-order valence-electron chi connectivity index (χ2n) is 4.40. The molecule has 19 heavy (non-hydrogen) atoms. The van der Waals surface area contributed by atoms with Gasteiger partial charge in [0, 0.05) is 12.6 Å². The minimum absolute atomic E-state index is 0.310. The van der Waals surface area contributed by atoms with Crippen LogP contribution in [0.15, 0.2) is 12.4 Å². The maximum Gasteiger partial charge on any atom is 0.306 e. The Hall–Kier alpha value is -1.85. The van der Waals surface area contributed by atoms with Gasteiger partial charge in [0.05, 0.1) is 12.5 Å². The number of hydrogen-bond donors (Lipinski definition) is 2. The highest BCUT2D eigenvalue weighted by Crippen LogP contribution is 2.12. The molecule has 1 aromatic rings. The van der Waals surface area contributed by atoms with E-state index in [0.717, 1.165) is 12.8 Å². The Morgan fingerprint density at radius 3 is 3.00 bits per heavy atom. The first kappa shape index (κ1) is 15.2. The molecular weight excluding hydrogens is 246 g/mol. The number of carboxylic acid groups (broad SMARTS) is 1. The fourth-order valence-corrected chi connectivity index (χ4v) is 1.47. The Balaban J connectivity index is 2.30. The normalized spacial score (nSPS) is 11.9. The number of anilines is 1. The number of aliphatic carboxylic acids is 1. The zero-order valence-electron chi connectivity index (χ0n) is 11.4. The smallest absolute Gasteiger partial charge is 0.306 e. The van der Waals surface area contributed by atoms with Gasteiger partial charge in [0.15, 0.2) is 0 Å². The van der Waals surface area contributed by atoms with E-state index < -0.39 is 5.97 Å². The lowest BCUT2D eigenvalue weighted by molar-refractivity contribution is -0.141. The number of nitrogens with zero attached hydrogens (tertiary/aromatic N) is 2. The third kappa shape index (κ3) is 6.03. The van der Waals surface area contributed by atoms with Crippen molar-refractivity contribution >= 4 is 11.8 Å². The summed E-state index contributed by atoms with van der Waals surface area (Å²) in [5, 5.41) is 11.9. The molecule has 2 N–H and O–H groups in total. The Morgan fingerprint density at radius 2 is 2.32 bits per heavy atom. The molecule has 0 saturated heterocycles. The van der Waals surface area contributed by atoms with Crippen molar-refractivity contribution in [2.24, 2.45) is 5.92 Å². The van der Waals surface area contributed by atoms with Crippen molar-refractivity contribution in [2.75, 3.05) is 18.5 Å². The second-order valence-corrected chi connectivity index (χ2v) is 4.40. The summed E-state index contributed by atoms with van der Waals surface area (Å²) < 4.78 is 5.40. The monoisotopic (exact) mass is 267 g/mol. The summed E-state index contributed by atoms with van der Waals surface area (Å²) in [5.41, 5.74) is 0. The van der Waals surface area contributed by atoms with Gasteiger partial charge in [-0.1, -0.05) is 13.8 Å². The summed E-state index contributed by atoms with van der Waals surface area (Å²) in [6, 6.07) is 1.75. The highest BCUT2D eigenvalue weighted by atomic mass is 16.5. The molecule has 0 aliphatic heterocycles. The van der Waals surface area contributed by atoms with Gasteiger partial charge in [-0.05, 0) is 19.3 Å². The van der Waals surface area contributed by atoms with E-state index in [4.69, 9.17) is 9.84 Å². The van der Waals surface area contributed by atoms with Crippen LogP contribution in [0.1, 0.15) is 33.1 Å². The summed E-state index contributed by atoms with van der Waals surface area (Å²) in [6.07, 6.45) is 3.81. The van der Waals surface area contributed by atoms with Crippen molar-refractivity contribution in [2.45, 2.75) is 33.1 Å². The first-order valence-corrected chi connectivity index (χ1v) is 6.55. The summed E-state index contributed by atoms with van der Waals surface area (Å²) in [5.74, 6) is 0.190. The fraction of sp³-hybridized carbons (Fsp3) is 0.615. The van der Waals surface area contributed by atoms with Gasteiger partial charge in [-0.3, -0.25) is 4.79 Å². The fourth-order valence-electron chi connectivity index (χ4n) is 1.47. The van der Waals surface area contributed by atoms with Gasteiger partial charge in [0.25, 0.3) is 0 Å². The second kappa shape index (κ2) is 8.29. The van der Waals surface area contributed by atoms with E-state index in [9.17, 15) is 4.79 Å². The average molecular weight is 267 g/mol. The van der Waals surface area contributed by atoms with Crippen molar-refractivity contribution in [3.63, 3.8) is 0 Å². The van der Waals surface area contributed by atoms with Gasteiger partial charge >= 0.3 is 5.97 Å². The van der Waals surface area contributed by atoms with Gasteiger partial charge in [0.2, 0.25) is 5.88 Å². The molecule has 106 valence electrons. The molecule has 0 aliphatic rings. The SMILES string of the molecule is CCCOc1cc(NCCCC(C)C(=O)O)ncn1. The van der Waals surface area contributed by atoms with Crippen LogP contribution in [-0.4, -0.2) is 34.2 Å². The van der Waals surface area contributed by atoms with Gasteiger partial charge < -0.3 is 15.2 Å². The highest BCUT2D eigenvalue weighted by Gasteiger charge is 2.09. The first-order valence-electron chi connectivity index (χ1n) is 6.55. The molecule has 0 amide bonds. The minimum atomic E-state index is -0.753. The molecule has 0 radical (unpaired) electrons. The topological polar surface area (TPSA) is 84.3 Å². The molecule has 0 spiro atoms. The number of carboxylic acids is 1. The molecule has 1 atom stereocenters. The molecule has 0 aromatic carbocycles. The van der Waals surface area contributed by atoms with Crippen LogP contribution in [0.2, 0.25) is 0 Å².